The second-order valence-corrected chi connectivity index (χ2v) is 4.18. The molecule has 1 aromatic rings. The van der Waals surface area contributed by atoms with Crippen molar-refractivity contribution < 1.29 is 4.74 Å². The quantitative estimate of drug-likeness (QED) is 0.734. The molecule has 0 aromatic heterocycles. The van der Waals surface area contributed by atoms with Gasteiger partial charge in [-0.05, 0) is 17.9 Å². The van der Waals surface area contributed by atoms with Gasteiger partial charge in [0.25, 0.3) is 0 Å². The van der Waals surface area contributed by atoms with Crippen molar-refractivity contribution >= 4 is 0 Å². The smallest absolute Gasteiger partial charge is 0.0959 e. The Morgan fingerprint density at radius 1 is 1.35 bits per heavy atom. The molecule has 1 aromatic carbocycles. The minimum atomic E-state index is -0.111. The summed E-state index contributed by atoms with van der Waals surface area (Å²) in [4.78, 5) is 0. The highest BCUT2D eigenvalue weighted by Crippen LogP contribution is 2.19. The van der Waals surface area contributed by atoms with E-state index in [2.05, 4.69) is 30.4 Å². The molecule has 0 heterocycles. The lowest BCUT2D eigenvalue weighted by atomic mass is 9.94. The average Bonchev–Trinajstić information content (AvgIpc) is 2.38. The molecule has 2 atom stereocenters. The lowest BCUT2D eigenvalue weighted by molar-refractivity contribution is 0.197. The standard InChI is InChI=1S/C14H20N2O/c1-12(13-6-4-3-5-7-13)10-14(11-15)16-8-9-17-2/h3-7,12,14,16H,8-10H2,1-2H3. The molecule has 0 spiro atoms. The second kappa shape index (κ2) is 7.83. The van der Waals surface area contributed by atoms with Crippen molar-refractivity contribution in [2.24, 2.45) is 0 Å². The molecule has 3 heteroatoms. The minimum absolute atomic E-state index is 0.111. The van der Waals surface area contributed by atoms with E-state index < -0.39 is 0 Å². The molecule has 0 aliphatic heterocycles. The summed E-state index contributed by atoms with van der Waals surface area (Å²) in [5.74, 6) is 0.385. The first-order valence-electron chi connectivity index (χ1n) is 5.94. The van der Waals surface area contributed by atoms with E-state index in [9.17, 15) is 0 Å². The number of methoxy groups -OCH3 is 1. The van der Waals surface area contributed by atoms with E-state index in [4.69, 9.17) is 10.00 Å². The number of hydrogen-bond donors (Lipinski definition) is 1. The molecule has 0 fully saturated rings. The molecular weight excluding hydrogens is 212 g/mol. The Morgan fingerprint density at radius 3 is 2.65 bits per heavy atom. The first-order chi connectivity index (χ1) is 8.27. The molecule has 1 N–H and O–H groups in total. The van der Waals surface area contributed by atoms with Crippen LogP contribution in [0.4, 0.5) is 0 Å². The highest BCUT2D eigenvalue weighted by Gasteiger charge is 2.13. The fourth-order valence-corrected chi connectivity index (χ4v) is 1.79. The number of ether oxygens (including phenoxy) is 1. The third-order valence-electron chi connectivity index (χ3n) is 2.81. The zero-order chi connectivity index (χ0) is 12.5. The van der Waals surface area contributed by atoms with E-state index in [-0.39, 0.29) is 6.04 Å². The molecule has 0 amide bonds. The lowest BCUT2D eigenvalue weighted by Gasteiger charge is -2.16. The van der Waals surface area contributed by atoms with Crippen LogP contribution in [0.25, 0.3) is 0 Å². The molecule has 3 nitrogen and oxygen atoms in total. The van der Waals surface area contributed by atoms with Gasteiger partial charge < -0.3 is 4.74 Å². The Balaban J connectivity index is 2.43. The second-order valence-electron chi connectivity index (χ2n) is 4.18. The molecule has 0 saturated heterocycles. The van der Waals surface area contributed by atoms with E-state index in [1.54, 1.807) is 7.11 Å². The molecule has 0 saturated carbocycles. The highest BCUT2D eigenvalue weighted by atomic mass is 16.5. The summed E-state index contributed by atoms with van der Waals surface area (Å²) in [5.41, 5.74) is 1.28. The van der Waals surface area contributed by atoms with Gasteiger partial charge in [-0.3, -0.25) is 5.32 Å². The molecular formula is C14H20N2O. The summed E-state index contributed by atoms with van der Waals surface area (Å²) in [6.07, 6.45) is 0.824. The topological polar surface area (TPSA) is 45.0 Å². The van der Waals surface area contributed by atoms with Crippen LogP contribution in [0.3, 0.4) is 0 Å². The SMILES string of the molecule is COCCNC(C#N)CC(C)c1ccccc1. The largest absolute Gasteiger partial charge is 0.383 e. The van der Waals surface area contributed by atoms with Gasteiger partial charge in [0.15, 0.2) is 0 Å². The van der Waals surface area contributed by atoms with Crippen LogP contribution in [0.15, 0.2) is 30.3 Å². The maximum Gasteiger partial charge on any atom is 0.0959 e. The number of nitrogens with zero attached hydrogens (tertiary/aromatic N) is 1. The van der Waals surface area contributed by atoms with E-state index in [0.717, 1.165) is 13.0 Å². The van der Waals surface area contributed by atoms with Crippen molar-refractivity contribution in [3.05, 3.63) is 35.9 Å². The number of benzene rings is 1. The van der Waals surface area contributed by atoms with Gasteiger partial charge in [0.2, 0.25) is 0 Å². The van der Waals surface area contributed by atoms with Crippen LogP contribution in [0.2, 0.25) is 0 Å². The van der Waals surface area contributed by atoms with Crippen LogP contribution in [0, 0.1) is 11.3 Å². The molecule has 0 aliphatic carbocycles. The van der Waals surface area contributed by atoms with Crippen molar-refractivity contribution in [1.29, 1.82) is 5.26 Å². The van der Waals surface area contributed by atoms with Gasteiger partial charge in [0, 0.05) is 13.7 Å². The van der Waals surface area contributed by atoms with E-state index >= 15 is 0 Å². The Labute approximate surface area is 103 Å². The van der Waals surface area contributed by atoms with Crippen molar-refractivity contribution in [1.82, 2.24) is 5.32 Å². The molecule has 0 aliphatic rings. The fraction of sp³-hybridized carbons (Fsp3) is 0.500. The summed E-state index contributed by atoms with van der Waals surface area (Å²) < 4.78 is 4.95. The monoisotopic (exact) mass is 232 g/mol. The summed E-state index contributed by atoms with van der Waals surface area (Å²) in [6.45, 7) is 3.51. The third kappa shape index (κ3) is 4.99. The Hall–Kier alpha value is -1.37. The average molecular weight is 232 g/mol. The summed E-state index contributed by atoms with van der Waals surface area (Å²) >= 11 is 0. The van der Waals surface area contributed by atoms with Crippen LogP contribution >= 0.6 is 0 Å². The number of rotatable bonds is 7. The highest BCUT2D eigenvalue weighted by molar-refractivity contribution is 5.19. The van der Waals surface area contributed by atoms with Crippen LogP contribution < -0.4 is 5.32 Å². The molecule has 0 radical (unpaired) electrons. The van der Waals surface area contributed by atoms with Gasteiger partial charge in [-0.1, -0.05) is 37.3 Å². The fourth-order valence-electron chi connectivity index (χ4n) is 1.79. The predicted molar refractivity (Wildman–Crippen MR) is 68.8 cm³/mol. The Kier molecular flexibility index (Phi) is 6.31. The normalized spacial score (nSPS) is 13.9. The molecule has 92 valence electrons. The zero-order valence-corrected chi connectivity index (χ0v) is 10.5. The van der Waals surface area contributed by atoms with E-state index in [0.29, 0.717) is 12.5 Å². The lowest BCUT2D eigenvalue weighted by Crippen LogP contribution is -2.31. The van der Waals surface area contributed by atoms with Gasteiger partial charge in [0.05, 0.1) is 18.7 Å². The van der Waals surface area contributed by atoms with Crippen LogP contribution in [0.5, 0.6) is 0 Å². The van der Waals surface area contributed by atoms with Gasteiger partial charge in [-0.25, -0.2) is 0 Å². The first kappa shape index (κ1) is 13.7. The van der Waals surface area contributed by atoms with Crippen LogP contribution in [0.1, 0.15) is 24.8 Å². The predicted octanol–water partition coefficient (Wildman–Crippen LogP) is 2.31. The van der Waals surface area contributed by atoms with Crippen LogP contribution in [-0.4, -0.2) is 26.3 Å². The molecule has 2 unspecified atom stereocenters. The number of hydrogen-bond acceptors (Lipinski definition) is 3. The Bertz CT molecular complexity index is 345. The number of nitrogens with one attached hydrogen (secondary N) is 1. The molecule has 1 rings (SSSR count). The zero-order valence-electron chi connectivity index (χ0n) is 10.5. The van der Waals surface area contributed by atoms with Crippen molar-refractivity contribution in [3.8, 4) is 6.07 Å². The minimum Gasteiger partial charge on any atom is -0.383 e. The van der Waals surface area contributed by atoms with Gasteiger partial charge in [0.1, 0.15) is 0 Å². The maximum absolute atomic E-state index is 9.07. The first-order valence-corrected chi connectivity index (χ1v) is 5.94. The van der Waals surface area contributed by atoms with Crippen molar-refractivity contribution in [3.63, 3.8) is 0 Å². The van der Waals surface area contributed by atoms with Crippen molar-refractivity contribution in [2.75, 3.05) is 20.3 Å². The molecule has 17 heavy (non-hydrogen) atoms. The molecule has 0 bridgehead atoms. The van der Waals surface area contributed by atoms with Gasteiger partial charge >= 0.3 is 0 Å². The Morgan fingerprint density at radius 2 is 2.06 bits per heavy atom. The summed E-state index contributed by atoms with van der Waals surface area (Å²) in [6, 6.07) is 12.5. The van der Waals surface area contributed by atoms with Crippen LogP contribution in [-0.2, 0) is 4.74 Å². The van der Waals surface area contributed by atoms with Gasteiger partial charge in [-0.2, -0.15) is 5.26 Å². The maximum atomic E-state index is 9.07. The third-order valence-corrected chi connectivity index (χ3v) is 2.81. The van der Waals surface area contributed by atoms with E-state index in [1.807, 2.05) is 18.2 Å². The number of nitriles is 1. The van der Waals surface area contributed by atoms with Gasteiger partial charge in [-0.15, -0.1) is 0 Å². The van der Waals surface area contributed by atoms with Crippen molar-refractivity contribution in [2.45, 2.75) is 25.3 Å². The summed E-state index contributed by atoms with van der Waals surface area (Å²) in [7, 11) is 1.66. The van der Waals surface area contributed by atoms with E-state index in [1.165, 1.54) is 5.56 Å². The summed E-state index contributed by atoms with van der Waals surface area (Å²) in [5, 5.41) is 12.3.